The van der Waals surface area contributed by atoms with Gasteiger partial charge in [0.05, 0.1) is 13.3 Å². The van der Waals surface area contributed by atoms with Crippen LogP contribution >= 0.6 is 0 Å². The summed E-state index contributed by atoms with van der Waals surface area (Å²) in [6, 6.07) is 13.2. The fourth-order valence-corrected chi connectivity index (χ4v) is 2.10. The van der Waals surface area contributed by atoms with Gasteiger partial charge in [0.1, 0.15) is 11.5 Å². The molecule has 0 fully saturated rings. The first kappa shape index (κ1) is 16.5. The van der Waals surface area contributed by atoms with Gasteiger partial charge < -0.3 is 9.47 Å². The highest BCUT2D eigenvalue weighted by Gasteiger charge is 2.02. The molecule has 1 amide bonds. The van der Waals surface area contributed by atoms with Crippen molar-refractivity contribution < 1.29 is 14.3 Å². The third kappa shape index (κ3) is 5.47. The highest BCUT2D eigenvalue weighted by molar-refractivity contribution is 5.83. The summed E-state index contributed by atoms with van der Waals surface area (Å²) in [5.74, 6) is 1.09. The maximum absolute atomic E-state index is 11.7. The largest absolute Gasteiger partial charge is 0.497 e. The highest BCUT2D eigenvalue weighted by atomic mass is 16.5. The van der Waals surface area contributed by atoms with E-state index in [0.29, 0.717) is 5.75 Å². The number of carbonyl (C=O) groups is 1. The first-order valence-electron chi connectivity index (χ1n) is 7.24. The van der Waals surface area contributed by atoms with Crippen molar-refractivity contribution >= 4 is 12.1 Å². The maximum Gasteiger partial charge on any atom is 0.277 e. The van der Waals surface area contributed by atoms with Crippen molar-refractivity contribution in [2.75, 3.05) is 13.7 Å². The Balaban J connectivity index is 1.83. The lowest BCUT2D eigenvalue weighted by Gasteiger charge is -2.07. The van der Waals surface area contributed by atoms with Crippen LogP contribution < -0.4 is 14.9 Å². The van der Waals surface area contributed by atoms with Gasteiger partial charge in [-0.3, -0.25) is 4.79 Å². The van der Waals surface area contributed by atoms with Gasteiger partial charge in [-0.2, -0.15) is 5.10 Å². The highest BCUT2D eigenvalue weighted by Crippen LogP contribution is 2.16. The average molecular weight is 312 g/mol. The van der Waals surface area contributed by atoms with Gasteiger partial charge in [-0.1, -0.05) is 18.2 Å². The van der Waals surface area contributed by atoms with Crippen LogP contribution in [0.2, 0.25) is 0 Å². The van der Waals surface area contributed by atoms with E-state index >= 15 is 0 Å². The topological polar surface area (TPSA) is 59.9 Å². The second kappa shape index (κ2) is 7.98. The Morgan fingerprint density at radius 3 is 2.57 bits per heavy atom. The monoisotopic (exact) mass is 312 g/mol. The lowest BCUT2D eigenvalue weighted by molar-refractivity contribution is -0.123. The number of aryl methyl sites for hydroxylation is 2. The summed E-state index contributed by atoms with van der Waals surface area (Å²) in [5, 5.41) is 3.90. The Hall–Kier alpha value is -2.82. The quantitative estimate of drug-likeness (QED) is 0.659. The number of amides is 1. The smallest absolute Gasteiger partial charge is 0.277 e. The molecule has 23 heavy (non-hydrogen) atoms. The van der Waals surface area contributed by atoms with Gasteiger partial charge in [-0.15, -0.1) is 0 Å². The number of benzene rings is 2. The normalized spacial score (nSPS) is 10.6. The van der Waals surface area contributed by atoms with E-state index < -0.39 is 0 Å². The van der Waals surface area contributed by atoms with E-state index in [1.54, 1.807) is 13.3 Å². The molecule has 0 heterocycles. The third-order valence-electron chi connectivity index (χ3n) is 3.06. The lowest BCUT2D eigenvalue weighted by Crippen LogP contribution is -2.24. The second-order valence-electron chi connectivity index (χ2n) is 5.18. The molecule has 2 rings (SSSR count). The van der Waals surface area contributed by atoms with Crippen LogP contribution in [0.4, 0.5) is 0 Å². The summed E-state index contributed by atoms with van der Waals surface area (Å²) >= 11 is 0. The Labute approximate surface area is 135 Å². The van der Waals surface area contributed by atoms with Crippen molar-refractivity contribution in [3.63, 3.8) is 0 Å². The fraction of sp³-hybridized carbons (Fsp3) is 0.222. The molecule has 0 atom stereocenters. The van der Waals surface area contributed by atoms with Crippen LogP contribution in [0.25, 0.3) is 0 Å². The minimum Gasteiger partial charge on any atom is -0.497 e. The van der Waals surface area contributed by atoms with Gasteiger partial charge in [0, 0.05) is 0 Å². The number of rotatable bonds is 6. The van der Waals surface area contributed by atoms with Gasteiger partial charge >= 0.3 is 0 Å². The summed E-state index contributed by atoms with van der Waals surface area (Å²) in [6.07, 6.45) is 1.55. The van der Waals surface area contributed by atoms with E-state index in [2.05, 4.69) is 10.5 Å². The Bertz CT molecular complexity index is 691. The molecular weight excluding hydrogens is 292 g/mol. The molecule has 2 aromatic rings. The number of hydrogen-bond donors (Lipinski definition) is 1. The van der Waals surface area contributed by atoms with Crippen molar-refractivity contribution in [1.82, 2.24) is 5.43 Å². The molecule has 120 valence electrons. The van der Waals surface area contributed by atoms with E-state index in [1.807, 2.05) is 56.3 Å². The second-order valence-corrected chi connectivity index (χ2v) is 5.18. The van der Waals surface area contributed by atoms with Crippen molar-refractivity contribution in [1.29, 1.82) is 0 Å². The molecule has 0 aliphatic carbocycles. The van der Waals surface area contributed by atoms with Gasteiger partial charge in [0.2, 0.25) is 0 Å². The summed E-state index contributed by atoms with van der Waals surface area (Å²) in [6.45, 7) is 3.88. The van der Waals surface area contributed by atoms with Crippen LogP contribution in [0.1, 0.15) is 16.7 Å². The Morgan fingerprint density at radius 1 is 1.13 bits per heavy atom. The number of hydrogen-bond acceptors (Lipinski definition) is 4. The van der Waals surface area contributed by atoms with Gasteiger partial charge in [0.15, 0.2) is 6.61 Å². The molecule has 0 saturated carbocycles. The average Bonchev–Trinajstić information content (AvgIpc) is 2.52. The Morgan fingerprint density at radius 2 is 1.87 bits per heavy atom. The number of methoxy groups -OCH3 is 1. The molecule has 0 spiro atoms. The van der Waals surface area contributed by atoms with Gasteiger partial charge in [0.25, 0.3) is 5.91 Å². The zero-order valence-corrected chi connectivity index (χ0v) is 13.5. The molecule has 0 bridgehead atoms. The van der Waals surface area contributed by atoms with Gasteiger partial charge in [-0.05, 0) is 54.8 Å². The molecule has 5 nitrogen and oxygen atoms in total. The lowest BCUT2D eigenvalue weighted by atomic mass is 10.1. The van der Waals surface area contributed by atoms with Crippen LogP contribution in [0.3, 0.4) is 0 Å². The molecule has 1 N–H and O–H groups in total. The van der Waals surface area contributed by atoms with Crippen molar-refractivity contribution in [2.24, 2.45) is 5.10 Å². The fourth-order valence-electron chi connectivity index (χ4n) is 2.10. The van der Waals surface area contributed by atoms with Crippen LogP contribution in [0.5, 0.6) is 11.5 Å². The van der Waals surface area contributed by atoms with E-state index in [-0.39, 0.29) is 12.5 Å². The summed E-state index contributed by atoms with van der Waals surface area (Å²) < 4.78 is 10.6. The van der Waals surface area contributed by atoms with E-state index in [1.165, 1.54) is 0 Å². The molecular formula is C18H20N2O3. The molecule has 0 radical (unpaired) electrons. The zero-order chi connectivity index (χ0) is 16.7. The summed E-state index contributed by atoms with van der Waals surface area (Å²) in [4.78, 5) is 11.7. The number of hydrazone groups is 1. The van der Waals surface area contributed by atoms with Crippen LogP contribution in [0, 0.1) is 13.8 Å². The van der Waals surface area contributed by atoms with Crippen LogP contribution in [0.15, 0.2) is 47.6 Å². The van der Waals surface area contributed by atoms with E-state index in [4.69, 9.17) is 9.47 Å². The first-order chi connectivity index (χ1) is 11.1. The van der Waals surface area contributed by atoms with E-state index in [0.717, 1.165) is 22.4 Å². The molecule has 0 aliphatic heterocycles. The number of nitrogens with one attached hydrogen (secondary N) is 1. The summed E-state index contributed by atoms with van der Waals surface area (Å²) in [5.41, 5.74) is 5.45. The minimum atomic E-state index is -0.316. The number of nitrogens with zero attached hydrogens (tertiary/aromatic N) is 1. The predicted molar refractivity (Wildman–Crippen MR) is 90.1 cm³/mol. The molecule has 0 aromatic heterocycles. The third-order valence-corrected chi connectivity index (χ3v) is 3.06. The zero-order valence-electron chi connectivity index (χ0n) is 13.5. The van der Waals surface area contributed by atoms with Crippen LogP contribution in [-0.2, 0) is 4.79 Å². The minimum absolute atomic E-state index is 0.0850. The maximum atomic E-state index is 11.7. The molecule has 5 heteroatoms. The SMILES string of the molecule is COc1cccc(/C=N\NC(=O)COc2cc(C)cc(C)c2)c1. The Kier molecular flexibility index (Phi) is 5.74. The molecule has 0 unspecified atom stereocenters. The number of carbonyl (C=O) groups excluding carboxylic acids is 1. The standard InChI is InChI=1S/C18H20N2O3/c1-13-7-14(2)9-17(8-13)23-12-18(21)20-19-11-15-5-4-6-16(10-15)22-3/h4-11H,12H2,1-3H3,(H,20,21)/b19-11-. The first-order valence-corrected chi connectivity index (χ1v) is 7.24. The molecule has 0 saturated heterocycles. The van der Waals surface area contributed by atoms with Crippen molar-refractivity contribution in [2.45, 2.75) is 13.8 Å². The predicted octanol–water partition coefficient (Wildman–Crippen LogP) is 2.84. The van der Waals surface area contributed by atoms with Crippen molar-refractivity contribution in [3.8, 4) is 11.5 Å². The van der Waals surface area contributed by atoms with E-state index in [9.17, 15) is 4.79 Å². The number of ether oxygens (including phenoxy) is 2. The molecule has 0 aliphatic rings. The van der Waals surface area contributed by atoms with Gasteiger partial charge in [-0.25, -0.2) is 5.43 Å². The summed E-state index contributed by atoms with van der Waals surface area (Å²) in [7, 11) is 1.60. The molecule has 2 aromatic carbocycles. The van der Waals surface area contributed by atoms with Crippen molar-refractivity contribution in [3.05, 3.63) is 59.2 Å². The van der Waals surface area contributed by atoms with Crippen LogP contribution in [-0.4, -0.2) is 25.8 Å².